The van der Waals surface area contributed by atoms with Gasteiger partial charge in [0.2, 0.25) is 11.0 Å². The number of carbonyl (C=O) groups excluding carboxylic acids is 1. The second-order valence-electron chi connectivity index (χ2n) is 4.33. The minimum atomic E-state index is -0.0642. The zero-order chi connectivity index (χ0) is 12.7. The molecule has 0 radical (unpaired) electrons. The van der Waals surface area contributed by atoms with Gasteiger partial charge in [-0.25, -0.2) is 0 Å². The number of rotatable bonds is 7. The van der Waals surface area contributed by atoms with Crippen LogP contribution in [0.5, 0.6) is 0 Å². The minimum Gasteiger partial charge on any atom is -0.396 e. The van der Waals surface area contributed by atoms with Crippen LogP contribution in [-0.4, -0.2) is 27.8 Å². The van der Waals surface area contributed by atoms with Gasteiger partial charge in [-0.3, -0.25) is 4.79 Å². The van der Waals surface area contributed by atoms with Gasteiger partial charge in [-0.15, -0.1) is 10.2 Å². The van der Waals surface area contributed by atoms with E-state index in [1.54, 1.807) is 0 Å². The fourth-order valence-corrected chi connectivity index (χ4v) is 2.28. The van der Waals surface area contributed by atoms with Crippen LogP contribution in [0.4, 0.5) is 5.13 Å². The summed E-state index contributed by atoms with van der Waals surface area (Å²) >= 11 is 1.43. The molecule has 1 aromatic heterocycles. The molecule has 0 aromatic carbocycles. The highest BCUT2D eigenvalue weighted by molar-refractivity contribution is 7.15. The maximum atomic E-state index is 11.5. The van der Waals surface area contributed by atoms with E-state index < -0.39 is 0 Å². The van der Waals surface area contributed by atoms with Crippen LogP contribution in [0.1, 0.15) is 38.1 Å². The third-order valence-electron chi connectivity index (χ3n) is 2.11. The molecule has 2 N–H and O–H groups in total. The average molecular weight is 257 g/mol. The number of aliphatic hydroxyl groups excluding tert-OH is 1. The Kier molecular flexibility index (Phi) is 6.07. The lowest BCUT2D eigenvalue weighted by atomic mass is 10.1. The van der Waals surface area contributed by atoms with Crippen molar-refractivity contribution in [2.24, 2.45) is 5.92 Å². The van der Waals surface area contributed by atoms with Crippen molar-refractivity contribution in [1.29, 1.82) is 0 Å². The maximum absolute atomic E-state index is 11.5. The average Bonchev–Trinajstić information content (AvgIpc) is 2.64. The first-order valence-corrected chi connectivity index (χ1v) is 6.66. The molecule has 0 unspecified atom stereocenters. The number of amides is 1. The minimum absolute atomic E-state index is 0.0642. The van der Waals surface area contributed by atoms with Gasteiger partial charge in [-0.05, 0) is 18.8 Å². The highest BCUT2D eigenvalue weighted by Gasteiger charge is 2.08. The quantitative estimate of drug-likeness (QED) is 0.731. The maximum Gasteiger partial charge on any atom is 0.226 e. The molecule has 1 amide bonds. The van der Waals surface area contributed by atoms with E-state index in [-0.39, 0.29) is 12.5 Å². The van der Waals surface area contributed by atoms with Crippen LogP contribution in [0, 0.1) is 5.92 Å². The molecule has 1 aromatic rings. The van der Waals surface area contributed by atoms with Crippen LogP contribution in [0.2, 0.25) is 0 Å². The van der Waals surface area contributed by atoms with Crippen LogP contribution in [0.25, 0.3) is 0 Å². The van der Waals surface area contributed by atoms with Gasteiger partial charge in [-0.1, -0.05) is 25.2 Å². The Morgan fingerprint density at radius 1 is 1.41 bits per heavy atom. The number of unbranched alkanes of at least 4 members (excludes halogenated alkanes) is 1. The van der Waals surface area contributed by atoms with E-state index in [0.29, 0.717) is 30.3 Å². The standard InChI is InChI=1S/C11H19N3O2S/c1-8(2)7-10-13-14-11(17-10)12-9(16)5-3-4-6-15/h8,15H,3-7H2,1-2H3,(H,12,14,16). The van der Waals surface area contributed by atoms with E-state index in [1.165, 1.54) is 11.3 Å². The molecule has 0 fully saturated rings. The van der Waals surface area contributed by atoms with Crippen molar-refractivity contribution in [2.45, 2.75) is 39.5 Å². The van der Waals surface area contributed by atoms with Crippen LogP contribution in [0.15, 0.2) is 0 Å². The highest BCUT2D eigenvalue weighted by atomic mass is 32.1. The highest BCUT2D eigenvalue weighted by Crippen LogP contribution is 2.18. The number of aromatic nitrogens is 2. The van der Waals surface area contributed by atoms with Gasteiger partial charge >= 0.3 is 0 Å². The molecule has 1 heterocycles. The molecule has 6 heteroatoms. The monoisotopic (exact) mass is 257 g/mol. The van der Waals surface area contributed by atoms with Gasteiger partial charge in [0.25, 0.3) is 0 Å². The summed E-state index contributed by atoms with van der Waals surface area (Å²) in [6, 6.07) is 0. The predicted molar refractivity (Wildman–Crippen MR) is 68.0 cm³/mol. The summed E-state index contributed by atoms with van der Waals surface area (Å²) in [5, 5.41) is 20.8. The van der Waals surface area contributed by atoms with E-state index in [4.69, 9.17) is 5.11 Å². The molecule has 5 nitrogen and oxygen atoms in total. The Morgan fingerprint density at radius 2 is 2.18 bits per heavy atom. The van der Waals surface area contributed by atoms with Crippen LogP contribution >= 0.6 is 11.3 Å². The van der Waals surface area contributed by atoms with Gasteiger partial charge in [0.05, 0.1) is 0 Å². The Hall–Kier alpha value is -1.01. The van der Waals surface area contributed by atoms with Gasteiger partial charge < -0.3 is 10.4 Å². The molecular weight excluding hydrogens is 238 g/mol. The number of nitrogens with one attached hydrogen (secondary N) is 1. The molecule has 0 spiro atoms. The molecule has 0 atom stereocenters. The normalized spacial score (nSPS) is 10.8. The molecule has 96 valence electrons. The largest absolute Gasteiger partial charge is 0.396 e. The zero-order valence-corrected chi connectivity index (χ0v) is 11.1. The van der Waals surface area contributed by atoms with Crippen molar-refractivity contribution in [1.82, 2.24) is 10.2 Å². The molecular formula is C11H19N3O2S. The van der Waals surface area contributed by atoms with Crippen LogP contribution < -0.4 is 5.32 Å². The van der Waals surface area contributed by atoms with Crippen molar-refractivity contribution in [3.8, 4) is 0 Å². The summed E-state index contributed by atoms with van der Waals surface area (Å²) in [5.41, 5.74) is 0. The lowest BCUT2D eigenvalue weighted by Gasteiger charge is -1.99. The number of hydrogen-bond acceptors (Lipinski definition) is 5. The van der Waals surface area contributed by atoms with Gasteiger partial charge in [0, 0.05) is 19.4 Å². The van der Waals surface area contributed by atoms with E-state index in [2.05, 4.69) is 29.4 Å². The molecule has 0 saturated heterocycles. The lowest BCUT2D eigenvalue weighted by Crippen LogP contribution is -2.11. The fourth-order valence-electron chi connectivity index (χ4n) is 1.31. The number of hydrogen-bond donors (Lipinski definition) is 2. The number of nitrogens with zero attached hydrogens (tertiary/aromatic N) is 2. The van der Waals surface area contributed by atoms with Crippen molar-refractivity contribution in [3.05, 3.63) is 5.01 Å². The Labute approximate surface area is 105 Å². The molecule has 0 aliphatic heterocycles. The van der Waals surface area contributed by atoms with Gasteiger partial charge in [0.15, 0.2) is 0 Å². The number of aliphatic hydroxyl groups is 1. The van der Waals surface area contributed by atoms with Gasteiger partial charge in [0.1, 0.15) is 5.01 Å². The molecule has 1 rings (SSSR count). The lowest BCUT2D eigenvalue weighted by molar-refractivity contribution is -0.116. The van der Waals surface area contributed by atoms with E-state index in [0.717, 1.165) is 11.4 Å². The van der Waals surface area contributed by atoms with Crippen molar-refractivity contribution < 1.29 is 9.90 Å². The molecule has 17 heavy (non-hydrogen) atoms. The summed E-state index contributed by atoms with van der Waals surface area (Å²) in [4.78, 5) is 11.5. The molecule has 0 saturated carbocycles. The van der Waals surface area contributed by atoms with Gasteiger partial charge in [-0.2, -0.15) is 0 Å². The molecule has 0 aliphatic rings. The summed E-state index contributed by atoms with van der Waals surface area (Å²) < 4.78 is 0. The first kappa shape index (κ1) is 14.1. The van der Waals surface area contributed by atoms with Crippen molar-refractivity contribution in [2.75, 3.05) is 11.9 Å². The summed E-state index contributed by atoms with van der Waals surface area (Å²) in [7, 11) is 0. The van der Waals surface area contributed by atoms with Crippen LogP contribution in [0.3, 0.4) is 0 Å². The summed E-state index contributed by atoms with van der Waals surface area (Å²) in [5.74, 6) is 0.474. The van der Waals surface area contributed by atoms with E-state index in [9.17, 15) is 4.79 Å². The second-order valence-corrected chi connectivity index (χ2v) is 5.39. The summed E-state index contributed by atoms with van der Waals surface area (Å²) in [6.07, 6.45) is 2.65. The third kappa shape index (κ3) is 5.74. The SMILES string of the molecule is CC(C)Cc1nnc(NC(=O)CCCCO)s1. The second kappa shape index (κ2) is 7.34. The number of anilines is 1. The topological polar surface area (TPSA) is 75.1 Å². The Bertz CT molecular complexity index is 352. The van der Waals surface area contributed by atoms with Crippen molar-refractivity contribution >= 4 is 22.4 Å². The van der Waals surface area contributed by atoms with Crippen LogP contribution in [-0.2, 0) is 11.2 Å². The number of carbonyl (C=O) groups is 1. The van der Waals surface area contributed by atoms with Crippen molar-refractivity contribution in [3.63, 3.8) is 0 Å². The first-order chi connectivity index (χ1) is 8.11. The smallest absolute Gasteiger partial charge is 0.226 e. The zero-order valence-electron chi connectivity index (χ0n) is 10.3. The third-order valence-corrected chi connectivity index (χ3v) is 2.97. The predicted octanol–water partition coefficient (Wildman–Crippen LogP) is 1.84. The summed E-state index contributed by atoms with van der Waals surface area (Å²) in [6.45, 7) is 4.37. The fraction of sp³-hybridized carbons (Fsp3) is 0.727. The Morgan fingerprint density at radius 3 is 2.82 bits per heavy atom. The first-order valence-electron chi connectivity index (χ1n) is 5.85. The van der Waals surface area contributed by atoms with E-state index >= 15 is 0 Å². The Balaban J connectivity index is 2.35. The molecule has 0 aliphatic carbocycles. The van der Waals surface area contributed by atoms with E-state index in [1.807, 2.05) is 0 Å². The molecule has 0 bridgehead atoms.